The van der Waals surface area contributed by atoms with E-state index in [4.69, 9.17) is 5.73 Å². The van der Waals surface area contributed by atoms with E-state index < -0.39 is 0 Å². The van der Waals surface area contributed by atoms with Crippen LogP contribution in [0.5, 0.6) is 0 Å². The van der Waals surface area contributed by atoms with E-state index >= 15 is 0 Å². The number of hydrogen-bond donors (Lipinski definition) is 2. The summed E-state index contributed by atoms with van der Waals surface area (Å²) in [6.45, 7) is 4.57. The van der Waals surface area contributed by atoms with Gasteiger partial charge in [-0.3, -0.25) is 4.79 Å². The quantitative estimate of drug-likeness (QED) is 0.846. The van der Waals surface area contributed by atoms with Crippen LogP contribution in [0.1, 0.15) is 22.8 Å². The van der Waals surface area contributed by atoms with E-state index in [-0.39, 0.29) is 5.91 Å². The Morgan fingerprint density at radius 3 is 2.60 bits per heavy atom. The molecule has 0 heterocycles. The number of aryl methyl sites for hydroxylation is 1. The molecule has 2 rings (SSSR count). The van der Waals surface area contributed by atoms with Gasteiger partial charge in [0.05, 0.1) is 0 Å². The minimum atomic E-state index is -0.0911. The Kier molecular flexibility index (Phi) is 4.69. The standard InChI is InChI=1S/C16H18N2OS/c1-3-18-16(19)12-8-9-15(13(17)10-12)20-14-7-5-4-6-11(14)2/h4-10H,3,17H2,1-2H3,(H,18,19). The van der Waals surface area contributed by atoms with Gasteiger partial charge in [0.15, 0.2) is 0 Å². The van der Waals surface area contributed by atoms with Crippen LogP contribution in [0.3, 0.4) is 0 Å². The zero-order valence-electron chi connectivity index (χ0n) is 11.6. The van der Waals surface area contributed by atoms with Crippen LogP contribution in [-0.2, 0) is 0 Å². The van der Waals surface area contributed by atoms with Crippen molar-refractivity contribution in [3.05, 3.63) is 53.6 Å². The molecule has 1 amide bonds. The number of rotatable bonds is 4. The molecule has 0 bridgehead atoms. The number of carbonyl (C=O) groups excluding carboxylic acids is 1. The van der Waals surface area contributed by atoms with Crippen molar-refractivity contribution in [3.63, 3.8) is 0 Å². The summed E-state index contributed by atoms with van der Waals surface area (Å²) >= 11 is 1.62. The number of nitrogens with one attached hydrogen (secondary N) is 1. The molecule has 0 aliphatic heterocycles. The van der Waals surface area contributed by atoms with Gasteiger partial charge in [0.25, 0.3) is 5.91 Å². The Morgan fingerprint density at radius 2 is 1.95 bits per heavy atom. The Morgan fingerprint density at radius 1 is 1.20 bits per heavy atom. The zero-order chi connectivity index (χ0) is 14.5. The highest BCUT2D eigenvalue weighted by Gasteiger charge is 2.09. The first-order valence-electron chi connectivity index (χ1n) is 6.53. The van der Waals surface area contributed by atoms with Gasteiger partial charge in [-0.05, 0) is 43.7 Å². The number of nitrogens with two attached hydrogens (primary N) is 1. The van der Waals surface area contributed by atoms with E-state index in [1.165, 1.54) is 10.5 Å². The maximum absolute atomic E-state index is 11.7. The van der Waals surface area contributed by atoms with E-state index in [9.17, 15) is 4.79 Å². The number of anilines is 1. The molecule has 104 valence electrons. The summed E-state index contributed by atoms with van der Waals surface area (Å²) in [7, 11) is 0. The van der Waals surface area contributed by atoms with Gasteiger partial charge < -0.3 is 11.1 Å². The van der Waals surface area contributed by atoms with Gasteiger partial charge in [-0.15, -0.1) is 0 Å². The lowest BCUT2D eigenvalue weighted by Crippen LogP contribution is -2.22. The molecule has 0 saturated heterocycles. The van der Waals surface area contributed by atoms with Gasteiger partial charge in [0.1, 0.15) is 0 Å². The largest absolute Gasteiger partial charge is 0.398 e. The lowest BCUT2D eigenvalue weighted by Gasteiger charge is -2.09. The minimum Gasteiger partial charge on any atom is -0.398 e. The smallest absolute Gasteiger partial charge is 0.251 e. The average Bonchev–Trinajstić information content (AvgIpc) is 2.43. The number of hydrogen-bond acceptors (Lipinski definition) is 3. The van der Waals surface area contributed by atoms with Crippen molar-refractivity contribution in [2.24, 2.45) is 0 Å². The van der Waals surface area contributed by atoms with E-state index in [2.05, 4.69) is 24.4 Å². The lowest BCUT2D eigenvalue weighted by molar-refractivity contribution is 0.0956. The number of carbonyl (C=O) groups is 1. The molecule has 0 atom stereocenters. The summed E-state index contributed by atoms with van der Waals surface area (Å²) < 4.78 is 0. The van der Waals surface area contributed by atoms with Crippen molar-refractivity contribution in [1.82, 2.24) is 5.32 Å². The van der Waals surface area contributed by atoms with Crippen molar-refractivity contribution in [2.45, 2.75) is 23.6 Å². The molecule has 4 heteroatoms. The van der Waals surface area contributed by atoms with Gasteiger partial charge >= 0.3 is 0 Å². The highest BCUT2D eigenvalue weighted by molar-refractivity contribution is 7.99. The molecule has 3 N–H and O–H groups in total. The van der Waals surface area contributed by atoms with Crippen LogP contribution in [0.4, 0.5) is 5.69 Å². The fourth-order valence-corrected chi connectivity index (χ4v) is 2.76. The van der Waals surface area contributed by atoms with E-state index in [0.717, 1.165) is 4.90 Å². The first-order valence-corrected chi connectivity index (χ1v) is 7.34. The van der Waals surface area contributed by atoms with Crippen LogP contribution in [0.15, 0.2) is 52.3 Å². The van der Waals surface area contributed by atoms with Crippen molar-refractivity contribution < 1.29 is 4.79 Å². The van der Waals surface area contributed by atoms with Crippen LogP contribution in [-0.4, -0.2) is 12.5 Å². The monoisotopic (exact) mass is 286 g/mol. The van der Waals surface area contributed by atoms with E-state index in [0.29, 0.717) is 17.8 Å². The fraction of sp³-hybridized carbons (Fsp3) is 0.188. The van der Waals surface area contributed by atoms with Gasteiger partial charge in [0.2, 0.25) is 0 Å². The molecule has 0 saturated carbocycles. The Hall–Kier alpha value is -1.94. The minimum absolute atomic E-state index is 0.0911. The van der Waals surface area contributed by atoms with Crippen LogP contribution in [0.25, 0.3) is 0 Å². The summed E-state index contributed by atoms with van der Waals surface area (Å²) in [4.78, 5) is 13.9. The summed E-state index contributed by atoms with van der Waals surface area (Å²) in [5.74, 6) is -0.0911. The molecule has 0 aromatic heterocycles. The fourth-order valence-electron chi connectivity index (χ4n) is 1.83. The van der Waals surface area contributed by atoms with Gasteiger partial charge in [-0.25, -0.2) is 0 Å². The molecule has 0 fully saturated rings. The Bertz CT molecular complexity index is 626. The summed E-state index contributed by atoms with van der Waals surface area (Å²) in [6, 6.07) is 13.6. The van der Waals surface area contributed by atoms with Gasteiger partial charge in [0, 0.05) is 27.6 Å². The van der Waals surface area contributed by atoms with Gasteiger partial charge in [-0.2, -0.15) is 0 Å². The van der Waals surface area contributed by atoms with Crippen LogP contribution in [0.2, 0.25) is 0 Å². The molecule has 0 aliphatic rings. The molecule has 0 spiro atoms. The number of amides is 1. The molecule has 0 radical (unpaired) electrons. The molecule has 2 aromatic rings. The zero-order valence-corrected chi connectivity index (χ0v) is 12.5. The maximum atomic E-state index is 11.7. The summed E-state index contributed by atoms with van der Waals surface area (Å²) in [5.41, 5.74) is 8.49. The SMILES string of the molecule is CCNC(=O)c1ccc(Sc2ccccc2C)c(N)c1. The highest BCUT2D eigenvalue weighted by atomic mass is 32.2. The second-order valence-electron chi connectivity index (χ2n) is 4.48. The molecule has 0 aliphatic carbocycles. The maximum Gasteiger partial charge on any atom is 0.251 e. The number of benzene rings is 2. The molecule has 0 unspecified atom stereocenters. The van der Waals surface area contributed by atoms with Crippen molar-refractivity contribution in [2.75, 3.05) is 12.3 Å². The molecule has 3 nitrogen and oxygen atoms in total. The predicted octanol–water partition coefficient (Wildman–Crippen LogP) is 3.48. The molecule has 2 aromatic carbocycles. The Labute approximate surface area is 123 Å². The second-order valence-corrected chi connectivity index (χ2v) is 5.56. The van der Waals surface area contributed by atoms with Crippen molar-refractivity contribution in [3.8, 4) is 0 Å². The van der Waals surface area contributed by atoms with Crippen LogP contribution in [0, 0.1) is 6.92 Å². The summed E-state index contributed by atoms with van der Waals surface area (Å²) in [6.07, 6.45) is 0. The first-order chi connectivity index (χ1) is 9.61. The third-order valence-corrected chi connectivity index (χ3v) is 4.19. The van der Waals surface area contributed by atoms with Crippen molar-refractivity contribution in [1.29, 1.82) is 0 Å². The second kappa shape index (κ2) is 6.48. The first kappa shape index (κ1) is 14.5. The molecular weight excluding hydrogens is 268 g/mol. The predicted molar refractivity (Wildman–Crippen MR) is 84.2 cm³/mol. The Balaban J connectivity index is 2.22. The van der Waals surface area contributed by atoms with Gasteiger partial charge in [-0.1, -0.05) is 30.0 Å². The molecular formula is C16H18N2OS. The normalized spacial score (nSPS) is 10.3. The third-order valence-electron chi connectivity index (χ3n) is 2.92. The van der Waals surface area contributed by atoms with Crippen LogP contribution >= 0.6 is 11.8 Å². The summed E-state index contributed by atoms with van der Waals surface area (Å²) in [5, 5.41) is 2.77. The highest BCUT2D eigenvalue weighted by Crippen LogP contribution is 2.34. The lowest BCUT2D eigenvalue weighted by atomic mass is 10.2. The molecule has 20 heavy (non-hydrogen) atoms. The van der Waals surface area contributed by atoms with E-state index in [1.54, 1.807) is 17.8 Å². The number of nitrogen functional groups attached to an aromatic ring is 1. The average molecular weight is 286 g/mol. The van der Waals surface area contributed by atoms with Crippen LogP contribution < -0.4 is 11.1 Å². The van der Waals surface area contributed by atoms with E-state index in [1.807, 2.05) is 31.2 Å². The third kappa shape index (κ3) is 3.33. The topological polar surface area (TPSA) is 55.1 Å². The van der Waals surface area contributed by atoms with Crippen molar-refractivity contribution >= 4 is 23.4 Å².